The number of rotatable bonds is 8. The Morgan fingerprint density at radius 3 is 2.19 bits per heavy atom. The van der Waals surface area contributed by atoms with Gasteiger partial charge in [-0.15, -0.1) is 0 Å². The predicted octanol–water partition coefficient (Wildman–Crippen LogP) is 3.13. The maximum absolute atomic E-state index is 3.54. The van der Waals surface area contributed by atoms with Gasteiger partial charge in [-0.3, -0.25) is 4.90 Å². The first kappa shape index (κ1) is 15.9. The molecule has 1 unspecified atom stereocenters. The van der Waals surface area contributed by atoms with Gasteiger partial charge in [-0.1, -0.05) is 34.6 Å². The van der Waals surface area contributed by atoms with Crippen LogP contribution < -0.4 is 5.32 Å². The van der Waals surface area contributed by atoms with Gasteiger partial charge in [-0.05, 0) is 38.3 Å². The van der Waals surface area contributed by atoms with Gasteiger partial charge in [0.15, 0.2) is 0 Å². The highest BCUT2D eigenvalue weighted by Crippen LogP contribution is 2.16. The van der Waals surface area contributed by atoms with E-state index in [9.17, 15) is 0 Å². The van der Waals surface area contributed by atoms with E-state index < -0.39 is 0 Å². The molecule has 16 heavy (non-hydrogen) atoms. The minimum absolute atomic E-state index is 0.453. The molecular weight excluding hydrogens is 196 g/mol. The molecule has 0 saturated heterocycles. The van der Waals surface area contributed by atoms with Crippen LogP contribution in [-0.2, 0) is 0 Å². The summed E-state index contributed by atoms with van der Waals surface area (Å²) < 4.78 is 0. The molecule has 0 amide bonds. The van der Waals surface area contributed by atoms with E-state index >= 15 is 0 Å². The number of nitrogens with zero attached hydrogens (tertiary/aromatic N) is 1. The molecule has 0 heterocycles. The summed E-state index contributed by atoms with van der Waals surface area (Å²) in [5.41, 5.74) is 0.453. The minimum Gasteiger partial charge on any atom is -0.315 e. The van der Waals surface area contributed by atoms with Gasteiger partial charge in [0.1, 0.15) is 0 Å². The predicted molar refractivity (Wildman–Crippen MR) is 73.9 cm³/mol. The van der Waals surface area contributed by atoms with E-state index in [0.717, 1.165) is 25.7 Å². The monoisotopic (exact) mass is 228 g/mol. The third-order valence-electron chi connectivity index (χ3n) is 3.25. The quantitative estimate of drug-likeness (QED) is 0.642. The van der Waals surface area contributed by atoms with Crippen LogP contribution in [0.4, 0.5) is 0 Å². The summed E-state index contributed by atoms with van der Waals surface area (Å²) in [5.74, 6) is 0. The van der Waals surface area contributed by atoms with Gasteiger partial charge in [0.25, 0.3) is 0 Å². The second kappa shape index (κ2) is 8.08. The smallest absolute Gasteiger partial charge is 0.0110 e. The standard InChI is InChI=1S/C14H32N2/c1-7-13(3)16(8-2)12-11-15-10-9-14(4,5)6/h13,15H,7-12H2,1-6H3. The maximum Gasteiger partial charge on any atom is 0.0110 e. The molecule has 0 fully saturated rings. The summed E-state index contributed by atoms with van der Waals surface area (Å²) in [5, 5.41) is 3.54. The van der Waals surface area contributed by atoms with Gasteiger partial charge in [0.05, 0.1) is 0 Å². The maximum atomic E-state index is 3.54. The van der Waals surface area contributed by atoms with Crippen LogP contribution in [0, 0.1) is 5.41 Å². The molecule has 0 aliphatic rings. The van der Waals surface area contributed by atoms with Crippen molar-refractivity contribution in [2.45, 2.75) is 60.4 Å². The van der Waals surface area contributed by atoms with Crippen molar-refractivity contribution in [3.05, 3.63) is 0 Å². The second-order valence-electron chi connectivity index (χ2n) is 5.95. The molecule has 0 bridgehead atoms. The van der Waals surface area contributed by atoms with Gasteiger partial charge >= 0.3 is 0 Å². The lowest BCUT2D eigenvalue weighted by Gasteiger charge is -2.27. The van der Waals surface area contributed by atoms with Crippen molar-refractivity contribution < 1.29 is 0 Å². The Morgan fingerprint density at radius 2 is 1.75 bits per heavy atom. The van der Waals surface area contributed by atoms with Gasteiger partial charge in [0, 0.05) is 19.1 Å². The normalized spacial score (nSPS) is 14.4. The zero-order chi connectivity index (χ0) is 12.6. The zero-order valence-corrected chi connectivity index (χ0v) is 12.3. The van der Waals surface area contributed by atoms with Crippen LogP contribution in [-0.4, -0.2) is 37.1 Å². The summed E-state index contributed by atoms with van der Waals surface area (Å²) in [6.07, 6.45) is 2.50. The van der Waals surface area contributed by atoms with E-state index in [1.54, 1.807) is 0 Å². The summed E-state index contributed by atoms with van der Waals surface area (Å²) in [6, 6.07) is 0.717. The lowest BCUT2D eigenvalue weighted by molar-refractivity contribution is 0.214. The van der Waals surface area contributed by atoms with Gasteiger partial charge in [-0.2, -0.15) is 0 Å². The van der Waals surface area contributed by atoms with Crippen LogP contribution >= 0.6 is 0 Å². The molecule has 2 heteroatoms. The van der Waals surface area contributed by atoms with Crippen molar-refractivity contribution >= 4 is 0 Å². The Bertz CT molecular complexity index is 161. The van der Waals surface area contributed by atoms with E-state index in [-0.39, 0.29) is 0 Å². The Kier molecular flexibility index (Phi) is 8.04. The molecule has 0 rings (SSSR count). The Balaban J connectivity index is 3.56. The zero-order valence-electron chi connectivity index (χ0n) is 12.3. The molecule has 98 valence electrons. The summed E-state index contributed by atoms with van der Waals surface area (Å²) in [7, 11) is 0. The average Bonchev–Trinajstić information content (AvgIpc) is 2.21. The Hall–Kier alpha value is -0.0800. The van der Waals surface area contributed by atoms with Crippen molar-refractivity contribution in [2.24, 2.45) is 5.41 Å². The summed E-state index contributed by atoms with van der Waals surface area (Å²) in [4.78, 5) is 2.55. The third-order valence-corrected chi connectivity index (χ3v) is 3.25. The lowest BCUT2D eigenvalue weighted by Crippen LogP contribution is -2.38. The molecule has 1 N–H and O–H groups in total. The molecular formula is C14H32N2. The molecule has 2 nitrogen and oxygen atoms in total. The van der Waals surface area contributed by atoms with Crippen molar-refractivity contribution in [1.29, 1.82) is 0 Å². The second-order valence-corrected chi connectivity index (χ2v) is 5.95. The molecule has 0 spiro atoms. The number of hydrogen-bond donors (Lipinski definition) is 1. The molecule has 1 atom stereocenters. The topological polar surface area (TPSA) is 15.3 Å². The SMILES string of the molecule is CCC(C)N(CC)CCNCCC(C)(C)C. The lowest BCUT2D eigenvalue weighted by atomic mass is 9.92. The molecule has 0 aromatic rings. The van der Waals surface area contributed by atoms with E-state index in [0.29, 0.717) is 5.41 Å². The summed E-state index contributed by atoms with van der Waals surface area (Å²) >= 11 is 0. The molecule has 0 aliphatic carbocycles. The molecule has 0 aliphatic heterocycles. The Labute approximate surface area is 103 Å². The van der Waals surface area contributed by atoms with Crippen LogP contribution in [0.2, 0.25) is 0 Å². The van der Waals surface area contributed by atoms with E-state index in [1.807, 2.05) is 0 Å². The highest BCUT2D eigenvalue weighted by Gasteiger charge is 2.10. The van der Waals surface area contributed by atoms with E-state index in [2.05, 4.69) is 51.8 Å². The highest BCUT2D eigenvalue weighted by molar-refractivity contribution is 4.67. The van der Waals surface area contributed by atoms with Crippen LogP contribution in [0.5, 0.6) is 0 Å². The molecule has 0 aromatic carbocycles. The van der Waals surface area contributed by atoms with Crippen LogP contribution in [0.25, 0.3) is 0 Å². The van der Waals surface area contributed by atoms with E-state index in [4.69, 9.17) is 0 Å². The number of likely N-dealkylation sites (N-methyl/N-ethyl adjacent to an activating group) is 1. The fourth-order valence-electron chi connectivity index (χ4n) is 1.76. The van der Waals surface area contributed by atoms with Crippen molar-refractivity contribution in [2.75, 3.05) is 26.2 Å². The van der Waals surface area contributed by atoms with Gasteiger partial charge < -0.3 is 5.32 Å². The highest BCUT2D eigenvalue weighted by atomic mass is 15.2. The fraction of sp³-hybridized carbons (Fsp3) is 1.00. The minimum atomic E-state index is 0.453. The van der Waals surface area contributed by atoms with Gasteiger partial charge in [-0.25, -0.2) is 0 Å². The molecule has 0 radical (unpaired) electrons. The number of hydrogen-bond acceptors (Lipinski definition) is 2. The van der Waals surface area contributed by atoms with Gasteiger partial charge in [0.2, 0.25) is 0 Å². The Morgan fingerprint density at radius 1 is 1.12 bits per heavy atom. The van der Waals surface area contributed by atoms with E-state index in [1.165, 1.54) is 19.4 Å². The van der Waals surface area contributed by atoms with Crippen molar-refractivity contribution in [3.8, 4) is 0 Å². The first-order valence-electron chi connectivity index (χ1n) is 6.85. The first-order valence-corrected chi connectivity index (χ1v) is 6.85. The fourth-order valence-corrected chi connectivity index (χ4v) is 1.76. The third kappa shape index (κ3) is 8.12. The van der Waals surface area contributed by atoms with Crippen molar-refractivity contribution in [1.82, 2.24) is 10.2 Å². The first-order chi connectivity index (χ1) is 7.40. The van der Waals surface area contributed by atoms with Crippen LogP contribution in [0.1, 0.15) is 54.4 Å². The average molecular weight is 228 g/mol. The largest absolute Gasteiger partial charge is 0.315 e. The van der Waals surface area contributed by atoms with Crippen molar-refractivity contribution in [3.63, 3.8) is 0 Å². The molecule has 0 aromatic heterocycles. The molecule has 0 saturated carbocycles. The van der Waals surface area contributed by atoms with Crippen LogP contribution in [0.15, 0.2) is 0 Å². The van der Waals surface area contributed by atoms with Crippen LogP contribution in [0.3, 0.4) is 0 Å². The summed E-state index contributed by atoms with van der Waals surface area (Å²) in [6.45, 7) is 18.3. The number of nitrogens with one attached hydrogen (secondary N) is 1.